The summed E-state index contributed by atoms with van der Waals surface area (Å²) in [5, 5.41) is 15.3. The number of carbonyl (C=O) groups is 2. The lowest BCUT2D eigenvalue weighted by Gasteiger charge is -2.11. The zero-order valence-corrected chi connectivity index (χ0v) is 10.2. The smallest absolute Gasteiger partial charge is 0.305 e. The van der Waals surface area contributed by atoms with Crippen molar-refractivity contribution >= 4 is 11.9 Å². The number of rotatable bonds is 5. The second-order valence-electron chi connectivity index (χ2n) is 4.14. The Hall–Kier alpha value is -1.85. The van der Waals surface area contributed by atoms with Crippen LogP contribution in [0, 0.1) is 6.92 Å². The van der Waals surface area contributed by atoms with Crippen molar-refractivity contribution in [3.8, 4) is 0 Å². The lowest BCUT2D eigenvalue weighted by molar-refractivity contribution is -0.137. The molecule has 0 radical (unpaired) electrons. The summed E-state index contributed by atoms with van der Waals surface area (Å²) < 4.78 is 1.65. The molecule has 2 N–H and O–H groups in total. The van der Waals surface area contributed by atoms with E-state index < -0.39 is 5.97 Å². The van der Waals surface area contributed by atoms with Crippen molar-refractivity contribution < 1.29 is 14.7 Å². The minimum atomic E-state index is -0.922. The predicted molar refractivity (Wildman–Crippen MR) is 61.5 cm³/mol. The highest BCUT2D eigenvalue weighted by molar-refractivity contribution is 5.79. The quantitative estimate of drug-likeness (QED) is 0.771. The summed E-state index contributed by atoms with van der Waals surface area (Å²) in [6.07, 6.45) is 0.136. The largest absolute Gasteiger partial charge is 0.481 e. The lowest BCUT2D eigenvalue weighted by Crippen LogP contribution is -2.35. The SMILES string of the molecule is Cc1cc(CC(=O)NC(C)CC(=O)O)n(C)n1. The Morgan fingerprint density at radius 1 is 1.59 bits per heavy atom. The van der Waals surface area contributed by atoms with Gasteiger partial charge in [0.1, 0.15) is 0 Å². The van der Waals surface area contributed by atoms with E-state index in [1.165, 1.54) is 0 Å². The standard InChI is InChI=1S/C11H17N3O3/c1-7(5-11(16)17)12-10(15)6-9-4-8(2)13-14(9)3/h4,7H,5-6H2,1-3H3,(H,12,15)(H,16,17). The number of hydrogen-bond donors (Lipinski definition) is 2. The van der Waals surface area contributed by atoms with Gasteiger partial charge in [0.15, 0.2) is 0 Å². The van der Waals surface area contributed by atoms with Gasteiger partial charge in [-0.05, 0) is 19.9 Å². The molecule has 0 aliphatic heterocycles. The molecule has 0 spiro atoms. The average Bonchev–Trinajstić information content (AvgIpc) is 2.42. The van der Waals surface area contributed by atoms with Crippen molar-refractivity contribution in [2.75, 3.05) is 0 Å². The maximum absolute atomic E-state index is 11.6. The zero-order chi connectivity index (χ0) is 13.0. The first-order chi connectivity index (χ1) is 7.88. The van der Waals surface area contributed by atoms with Gasteiger partial charge in [-0.1, -0.05) is 0 Å². The average molecular weight is 239 g/mol. The molecular formula is C11H17N3O3. The monoisotopic (exact) mass is 239 g/mol. The molecule has 1 unspecified atom stereocenters. The van der Waals surface area contributed by atoms with Gasteiger partial charge in [-0.25, -0.2) is 0 Å². The van der Waals surface area contributed by atoms with E-state index in [0.717, 1.165) is 11.4 Å². The molecule has 0 aliphatic rings. The molecule has 0 bridgehead atoms. The van der Waals surface area contributed by atoms with Crippen LogP contribution in [0.4, 0.5) is 0 Å². The van der Waals surface area contributed by atoms with Crippen LogP contribution in [0.5, 0.6) is 0 Å². The number of aliphatic carboxylic acids is 1. The molecule has 94 valence electrons. The molecule has 0 aromatic carbocycles. The number of hydrogen-bond acceptors (Lipinski definition) is 3. The first kappa shape index (κ1) is 13.2. The third-order valence-corrected chi connectivity index (χ3v) is 2.33. The Labute approximate surface area is 99.6 Å². The summed E-state index contributed by atoms with van der Waals surface area (Å²) in [7, 11) is 1.77. The van der Waals surface area contributed by atoms with Gasteiger partial charge < -0.3 is 10.4 Å². The van der Waals surface area contributed by atoms with Crippen molar-refractivity contribution in [2.24, 2.45) is 7.05 Å². The number of aromatic nitrogens is 2. The Balaban J connectivity index is 2.50. The molecule has 1 aromatic heterocycles. The van der Waals surface area contributed by atoms with E-state index in [0.29, 0.717) is 0 Å². The maximum atomic E-state index is 11.6. The number of nitrogens with zero attached hydrogens (tertiary/aromatic N) is 2. The highest BCUT2D eigenvalue weighted by atomic mass is 16.4. The van der Waals surface area contributed by atoms with Gasteiger partial charge in [0, 0.05) is 18.8 Å². The van der Waals surface area contributed by atoms with Crippen molar-refractivity contribution in [1.82, 2.24) is 15.1 Å². The van der Waals surface area contributed by atoms with Crippen LogP contribution in [-0.2, 0) is 23.1 Å². The molecule has 17 heavy (non-hydrogen) atoms. The molecular weight excluding hydrogens is 222 g/mol. The fraction of sp³-hybridized carbons (Fsp3) is 0.545. The summed E-state index contributed by atoms with van der Waals surface area (Å²) in [5.74, 6) is -1.11. The summed E-state index contributed by atoms with van der Waals surface area (Å²) in [4.78, 5) is 22.1. The minimum Gasteiger partial charge on any atom is -0.481 e. The normalized spacial score (nSPS) is 12.2. The third kappa shape index (κ3) is 4.26. The molecule has 1 heterocycles. The van der Waals surface area contributed by atoms with Crippen molar-refractivity contribution in [3.05, 3.63) is 17.5 Å². The van der Waals surface area contributed by atoms with Gasteiger partial charge in [0.05, 0.1) is 18.5 Å². The van der Waals surface area contributed by atoms with Crippen LogP contribution < -0.4 is 5.32 Å². The number of aryl methyl sites for hydroxylation is 2. The van der Waals surface area contributed by atoms with E-state index >= 15 is 0 Å². The molecule has 1 amide bonds. The fourth-order valence-electron chi connectivity index (χ4n) is 1.63. The Morgan fingerprint density at radius 3 is 2.71 bits per heavy atom. The van der Waals surface area contributed by atoms with E-state index in [2.05, 4.69) is 10.4 Å². The third-order valence-electron chi connectivity index (χ3n) is 2.33. The minimum absolute atomic E-state index is 0.0733. The Bertz CT molecular complexity index is 426. The Kier molecular flexibility index (Phi) is 4.25. The van der Waals surface area contributed by atoms with E-state index in [1.807, 2.05) is 13.0 Å². The van der Waals surface area contributed by atoms with Gasteiger partial charge in [-0.2, -0.15) is 5.10 Å². The number of amides is 1. The van der Waals surface area contributed by atoms with Crippen LogP contribution in [0.1, 0.15) is 24.7 Å². The molecule has 6 heteroatoms. The van der Waals surface area contributed by atoms with Crippen LogP contribution in [0.2, 0.25) is 0 Å². The summed E-state index contributed by atoms with van der Waals surface area (Å²) in [5.41, 5.74) is 1.66. The first-order valence-electron chi connectivity index (χ1n) is 5.39. The summed E-state index contributed by atoms with van der Waals surface area (Å²) in [6, 6.07) is 1.47. The summed E-state index contributed by atoms with van der Waals surface area (Å²) in [6.45, 7) is 3.52. The zero-order valence-electron chi connectivity index (χ0n) is 10.2. The molecule has 0 aliphatic carbocycles. The topological polar surface area (TPSA) is 84.2 Å². The second-order valence-corrected chi connectivity index (χ2v) is 4.14. The van der Waals surface area contributed by atoms with Crippen molar-refractivity contribution in [1.29, 1.82) is 0 Å². The predicted octanol–water partition coefficient (Wildman–Crippen LogP) is 0.250. The number of carbonyl (C=O) groups excluding carboxylic acids is 1. The van der Waals surface area contributed by atoms with Gasteiger partial charge >= 0.3 is 5.97 Å². The molecule has 6 nitrogen and oxygen atoms in total. The van der Waals surface area contributed by atoms with E-state index in [9.17, 15) is 9.59 Å². The molecule has 0 fully saturated rings. The number of nitrogens with one attached hydrogen (secondary N) is 1. The van der Waals surface area contributed by atoms with Gasteiger partial charge in [0.25, 0.3) is 0 Å². The van der Waals surface area contributed by atoms with Crippen LogP contribution in [0.15, 0.2) is 6.07 Å². The Morgan fingerprint density at radius 2 is 2.24 bits per heavy atom. The van der Waals surface area contributed by atoms with E-state index in [4.69, 9.17) is 5.11 Å². The number of carboxylic acid groups (broad SMARTS) is 1. The molecule has 0 saturated heterocycles. The van der Waals surface area contributed by atoms with Crippen LogP contribution in [0.25, 0.3) is 0 Å². The van der Waals surface area contributed by atoms with E-state index in [-0.39, 0.29) is 24.8 Å². The van der Waals surface area contributed by atoms with Crippen LogP contribution in [-0.4, -0.2) is 32.8 Å². The molecule has 1 aromatic rings. The van der Waals surface area contributed by atoms with Gasteiger partial charge in [0.2, 0.25) is 5.91 Å². The molecule has 1 atom stereocenters. The fourth-order valence-corrected chi connectivity index (χ4v) is 1.63. The van der Waals surface area contributed by atoms with Crippen LogP contribution in [0.3, 0.4) is 0 Å². The summed E-state index contributed by atoms with van der Waals surface area (Å²) >= 11 is 0. The highest BCUT2D eigenvalue weighted by Crippen LogP contribution is 2.03. The number of carboxylic acids is 1. The first-order valence-corrected chi connectivity index (χ1v) is 5.39. The highest BCUT2D eigenvalue weighted by Gasteiger charge is 2.13. The van der Waals surface area contributed by atoms with Crippen LogP contribution >= 0.6 is 0 Å². The lowest BCUT2D eigenvalue weighted by atomic mass is 10.2. The van der Waals surface area contributed by atoms with Crippen molar-refractivity contribution in [3.63, 3.8) is 0 Å². The maximum Gasteiger partial charge on any atom is 0.305 e. The second kappa shape index (κ2) is 5.47. The van der Waals surface area contributed by atoms with Gasteiger partial charge in [-0.15, -0.1) is 0 Å². The van der Waals surface area contributed by atoms with E-state index in [1.54, 1.807) is 18.7 Å². The molecule has 0 saturated carbocycles. The van der Waals surface area contributed by atoms with Gasteiger partial charge in [-0.3, -0.25) is 14.3 Å². The molecule has 1 rings (SSSR count). The van der Waals surface area contributed by atoms with Crippen molar-refractivity contribution in [2.45, 2.75) is 32.7 Å².